The third-order valence-corrected chi connectivity index (χ3v) is 2.98. The van der Waals surface area contributed by atoms with Crippen LogP contribution in [0.5, 0.6) is 0 Å². The first-order valence-electron chi connectivity index (χ1n) is 4.47. The van der Waals surface area contributed by atoms with Gasteiger partial charge >= 0.3 is 6.08 Å². The van der Waals surface area contributed by atoms with Gasteiger partial charge < -0.3 is 0 Å². The van der Waals surface area contributed by atoms with Gasteiger partial charge in [-0.1, -0.05) is 17.7 Å². The van der Waals surface area contributed by atoms with Crippen LogP contribution >= 0.6 is 23.4 Å². The zero-order chi connectivity index (χ0) is 12.0. The van der Waals surface area contributed by atoms with Crippen LogP contribution in [-0.4, -0.2) is 10.7 Å². The quantitative estimate of drug-likeness (QED) is 0.578. The van der Waals surface area contributed by atoms with Crippen LogP contribution in [-0.2, 0) is 5.75 Å². The number of hydrogen-bond donors (Lipinski definition) is 0. The number of aromatic nitrogens is 1. The fraction of sp³-hybridized carbons (Fsp3) is 0.300. The summed E-state index contributed by atoms with van der Waals surface area (Å²) in [6.07, 6.45) is -0.862. The zero-order valence-corrected chi connectivity index (χ0v) is 9.79. The maximum atomic E-state index is 12.4. The van der Waals surface area contributed by atoms with Crippen LogP contribution in [0.15, 0.2) is 30.2 Å². The van der Waals surface area contributed by atoms with Crippen LogP contribution < -0.4 is 0 Å². The number of pyridine rings is 1. The van der Waals surface area contributed by atoms with Crippen molar-refractivity contribution < 1.29 is 13.2 Å². The molecule has 1 aromatic rings. The van der Waals surface area contributed by atoms with E-state index in [-0.39, 0.29) is 6.42 Å². The molecule has 0 amide bonds. The molecule has 0 bridgehead atoms. The molecule has 6 heteroatoms. The number of halogens is 4. The molecule has 0 aliphatic rings. The molecule has 0 aromatic carbocycles. The van der Waals surface area contributed by atoms with Crippen molar-refractivity contribution in [1.82, 2.24) is 4.98 Å². The highest BCUT2D eigenvalue weighted by Gasteiger charge is 2.04. The Labute approximate surface area is 101 Å². The minimum atomic E-state index is -2.23. The first-order chi connectivity index (χ1) is 7.59. The van der Waals surface area contributed by atoms with E-state index in [9.17, 15) is 13.2 Å². The van der Waals surface area contributed by atoms with Gasteiger partial charge in [-0.15, -0.1) is 0 Å². The summed E-state index contributed by atoms with van der Waals surface area (Å²) in [5.41, 5.74) is 0.930. The molecule has 0 aliphatic carbocycles. The number of rotatable bonds is 5. The highest BCUT2D eigenvalue weighted by molar-refractivity contribution is 7.98. The summed E-state index contributed by atoms with van der Waals surface area (Å²) in [6.45, 7) is 0. The number of allylic oxidation sites excluding steroid dienone is 1. The molecule has 0 saturated carbocycles. The van der Waals surface area contributed by atoms with Gasteiger partial charge in [0.15, 0.2) is 5.83 Å². The summed E-state index contributed by atoms with van der Waals surface area (Å²) in [5, 5.41) is 0.405. The van der Waals surface area contributed by atoms with E-state index in [4.69, 9.17) is 11.6 Å². The lowest BCUT2D eigenvalue weighted by Crippen LogP contribution is -1.86. The molecule has 0 N–H and O–H groups in total. The van der Waals surface area contributed by atoms with Crippen molar-refractivity contribution in [3.8, 4) is 0 Å². The van der Waals surface area contributed by atoms with Crippen molar-refractivity contribution in [3.63, 3.8) is 0 Å². The van der Waals surface area contributed by atoms with Gasteiger partial charge in [0.2, 0.25) is 0 Å². The predicted octanol–water partition coefficient (Wildman–Crippen LogP) is 4.44. The summed E-state index contributed by atoms with van der Waals surface area (Å²) < 4.78 is 35.8. The van der Waals surface area contributed by atoms with Crippen molar-refractivity contribution >= 4 is 23.4 Å². The van der Waals surface area contributed by atoms with Crippen LogP contribution in [0.4, 0.5) is 13.2 Å². The van der Waals surface area contributed by atoms with E-state index in [0.717, 1.165) is 5.56 Å². The molecule has 0 atom stereocenters. The molecule has 1 rings (SSSR count). The molecule has 0 unspecified atom stereocenters. The van der Waals surface area contributed by atoms with Gasteiger partial charge in [0, 0.05) is 24.1 Å². The number of nitrogens with zero attached hydrogens (tertiary/aromatic N) is 1. The van der Waals surface area contributed by atoms with E-state index >= 15 is 0 Å². The Hall–Kier alpha value is -0.680. The molecule has 1 nitrogen and oxygen atoms in total. The second-order valence-electron chi connectivity index (χ2n) is 2.96. The molecule has 16 heavy (non-hydrogen) atoms. The SMILES string of the molecule is FC(F)=C(F)CCSCc1ccc(Cl)nc1. The van der Waals surface area contributed by atoms with E-state index in [2.05, 4.69) is 4.98 Å². The Kier molecular flexibility index (Phi) is 5.69. The van der Waals surface area contributed by atoms with Crippen LogP contribution in [0.25, 0.3) is 0 Å². The Morgan fingerprint density at radius 1 is 1.31 bits per heavy atom. The van der Waals surface area contributed by atoms with E-state index in [1.807, 2.05) is 0 Å². The third-order valence-electron chi connectivity index (χ3n) is 1.73. The average molecular weight is 268 g/mol. The smallest absolute Gasteiger partial charge is 0.244 e. The molecule has 0 aliphatic heterocycles. The van der Waals surface area contributed by atoms with Gasteiger partial charge in [0.1, 0.15) is 5.15 Å². The molecule has 1 aromatic heterocycles. The zero-order valence-electron chi connectivity index (χ0n) is 8.22. The molecular weight excluding hydrogens is 259 g/mol. The van der Waals surface area contributed by atoms with Gasteiger partial charge in [-0.2, -0.15) is 20.5 Å². The molecule has 0 saturated heterocycles. The molecule has 88 valence electrons. The second-order valence-corrected chi connectivity index (χ2v) is 4.45. The maximum absolute atomic E-state index is 12.4. The molecule has 0 fully saturated rings. The second kappa shape index (κ2) is 6.81. The summed E-state index contributed by atoms with van der Waals surface area (Å²) in [5.74, 6) is -0.418. The lowest BCUT2D eigenvalue weighted by molar-refractivity contribution is 0.373. The predicted molar refractivity (Wildman–Crippen MR) is 60.4 cm³/mol. The minimum absolute atomic E-state index is 0.242. The number of hydrogen-bond acceptors (Lipinski definition) is 2. The lowest BCUT2D eigenvalue weighted by atomic mass is 10.3. The van der Waals surface area contributed by atoms with E-state index in [0.29, 0.717) is 16.7 Å². The standard InChI is InChI=1S/C10H9ClF3NS/c11-9-2-1-7(5-15-9)6-16-4-3-8(12)10(13)14/h1-2,5H,3-4,6H2. The first-order valence-corrected chi connectivity index (χ1v) is 6.00. The molecule has 0 radical (unpaired) electrons. The largest absolute Gasteiger partial charge is 0.301 e. The highest BCUT2D eigenvalue weighted by Crippen LogP contribution is 2.19. The molecule has 0 spiro atoms. The van der Waals surface area contributed by atoms with E-state index in [1.165, 1.54) is 11.8 Å². The Balaban J connectivity index is 2.26. The first kappa shape index (κ1) is 13.4. The minimum Gasteiger partial charge on any atom is -0.244 e. The maximum Gasteiger partial charge on any atom is 0.301 e. The van der Waals surface area contributed by atoms with Crippen molar-refractivity contribution in [3.05, 3.63) is 41.0 Å². The van der Waals surface area contributed by atoms with Gasteiger partial charge in [-0.05, 0) is 11.6 Å². The summed E-state index contributed by atoms with van der Waals surface area (Å²) >= 11 is 6.96. The van der Waals surface area contributed by atoms with Crippen molar-refractivity contribution in [1.29, 1.82) is 0 Å². The molecule has 1 heterocycles. The Morgan fingerprint density at radius 2 is 2.06 bits per heavy atom. The molecular formula is C10H9ClF3NS. The third kappa shape index (κ3) is 4.90. The Morgan fingerprint density at radius 3 is 2.62 bits per heavy atom. The van der Waals surface area contributed by atoms with Crippen molar-refractivity contribution in [2.45, 2.75) is 12.2 Å². The van der Waals surface area contributed by atoms with Gasteiger partial charge in [0.25, 0.3) is 0 Å². The van der Waals surface area contributed by atoms with Crippen LogP contribution in [0.3, 0.4) is 0 Å². The Bertz CT molecular complexity index is 363. The van der Waals surface area contributed by atoms with E-state index in [1.54, 1.807) is 18.3 Å². The normalized spacial score (nSPS) is 10.2. The average Bonchev–Trinajstić information content (AvgIpc) is 2.26. The van der Waals surface area contributed by atoms with Gasteiger partial charge in [-0.25, -0.2) is 9.37 Å². The van der Waals surface area contributed by atoms with Gasteiger partial charge in [-0.3, -0.25) is 0 Å². The van der Waals surface area contributed by atoms with E-state index < -0.39 is 11.9 Å². The fourth-order valence-corrected chi connectivity index (χ4v) is 1.92. The lowest BCUT2D eigenvalue weighted by Gasteiger charge is -2.00. The summed E-state index contributed by atoms with van der Waals surface area (Å²) in [4.78, 5) is 3.87. The van der Waals surface area contributed by atoms with Crippen LogP contribution in [0, 0.1) is 0 Å². The van der Waals surface area contributed by atoms with Crippen molar-refractivity contribution in [2.24, 2.45) is 0 Å². The van der Waals surface area contributed by atoms with Crippen LogP contribution in [0.1, 0.15) is 12.0 Å². The fourth-order valence-electron chi connectivity index (χ4n) is 0.938. The van der Waals surface area contributed by atoms with Crippen LogP contribution in [0.2, 0.25) is 5.15 Å². The number of thioether (sulfide) groups is 1. The highest BCUT2D eigenvalue weighted by atomic mass is 35.5. The topological polar surface area (TPSA) is 12.9 Å². The van der Waals surface area contributed by atoms with Gasteiger partial charge in [0.05, 0.1) is 0 Å². The summed E-state index contributed by atoms with van der Waals surface area (Å²) in [7, 11) is 0. The van der Waals surface area contributed by atoms with Crippen molar-refractivity contribution in [2.75, 3.05) is 5.75 Å². The monoisotopic (exact) mass is 267 g/mol. The summed E-state index contributed by atoms with van der Waals surface area (Å²) in [6, 6.07) is 3.45.